The quantitative estimate of drug-likeness (QED) is 0.523. The van der Waals surface area contributed by atoms with Gasteiger partial charge in [-0.15, -0.1) is 0 Å². The highest BCUT2D eigenvalue weighted by Gasteiger charge is 2.20. The summed E-state index contributed by atoms with van der Waals surface area (Å²) in [6.45, 7) is 1.21. The highest BCUT2D eigenvalue weighted by Crippen LogP contribution is 1.95. The SMILES string of the molecule is C[C@@H](C(=O)O)N(C)C(=O)CNC=O. The lowest BCUT2D eigenvalue weighted by Gasteiger charge is -2.20. The molecule has 6 heteroatoms. The first kappa shape index (κ1) is 11.4. The molecule has 1 atom stereocenters. The number of carbonyl (C=O) groups is 3. The summed E-state index contributed by atoms with van der Waals surface area (Å²) < 4.78 is 0. The van der Waals surface area contributed by atoms with E-state index in [1.54, 1.807) is 0 Å². The van der Waals surface area contributed by atoms with Crippen molar-refractivity contribution < 1.29 is 19.5 Å². The maximum absolute atomic E-state index is 11.1. The molecule has 0 aromatic rings. The van der Waals surface area contributed by atoms with Crippen molar-refractivity contribution in [2.24, 2.45) is 0 Å². The van der Waals surface area contributed by atoms with Crippen LogP contribution in [0, 0.1) is 0 Å². The normalized spacial score (nSPS) is 11.5. The molecule has 0 unspecified atom stereocenters. The van der Waals surface area contributed by atoms with Crippen molar-refractivity contribution in [3.63, 3.8) is 0 Å². The molecule has 2 N–H and O–H groups in total. The minimum absolute atomic E-state index is 0.183. The van der Waals surface area contributed by atoms with E-state index in [1.807, 2.05) is 0 Å². The van der Waals surface area contributed by atoms with E-state index in [0.717, 1.165) is 4.90 Å². The molecule has 0 bridgehead atoms. The Morgan fingerprint density at radius 2 is 2.15 bits per heavy atom. The molecule has 0 aliphatic rings. The van der Waals surface area contributed by atoms with Crippen LogP contribution in [0.4, 0.5) is 0 Å². The van der Waals surface area contributed by atoms with Gasteiger partial charge in [-0.2, -0.15) is 0 Å². The number of likely N-dealkylation sites (N-methyl/N-ethyl adjacent to an activating group) is 1. The number of carboxylic acids is 1. The van der Waals surface area contributed by atoms with Crippen LogP contribution < -0.4 is 5.32 Å². The first-order valence-electron chi connectivity index (χ1n) is 3.66. The minimum atomic E-state index is -1.08. The third-order valence-corrected chi connectivity index (χ3v) is 1.67. The Bertz CT molecular complexity index is 217. The van der Waals surface area contributed by atoms with Crippen molar-refractivity contribution in [3.05, 3.63) is 0 Å². The van der Waals surface area contributed by atoms with Crippen LogP contribution in [0.1, 0.15) is 6.92 Å². The Hall–Kier alpha value is -1.59. The monoisotopic (exact) mass is 188 g/mol. The van der Waals surface area contributed by atoms with E-state index in [0.29, 0.717) is 6.41 Å². The van der Waals surface area contributed by atoms with E-state index in [1.165, 1.54) is 14.0 Å². The number of rotatable bonds is 5. The van der Waals surface area contributed by atoms with Gasteiger partial charge in [-0.05, 0) is 6.92 Å². The van der Waals surface area contributed by atoms with Crippen LogP contribution in [0.3, 0.4) is 0 Å². The predicted molar refractivity (Wildman–Crippen MR) is 43.9 cm³/mol. The summed E-state index contributed by atoms with van der Waals surface area (Å²) in [7, 11) is 1.37. The number of carbonyl (C=O) groups excluding carboxylic acids is 2. The van der Waals surface area contributed by atoms with Gasteiger partial charge >= 0.3 is 5.97 Å². The van der Waals surface area contributed by atoms with Gasteiger partial charge in [-0.3, -0.25) is 9.59 Å². The van der Waals surface area contributed by atoms with Gasteiger partial charge in [0.25, 0.3) is 0 Å². The third-order valence-electron chi connectivity index (χ3n) is 1.67. The molecule has 0 fully saturated rings. The third kappa shape index (κ3) is 3.55. The molecule has 0 heterocycles. The standard InChI is InChI=1S/C7H12N2O4/c1-5(7(12)13)9(2)6(11)3-8-4-10/h4-5H,3H2,1-2H3,(H,8,10)(H,12,13)/t5-/m0/s1. The number of nitrogens with zero attached hydrogens (tertiary/aromatic N) is 1. The van der Waals surface area contributed by atoms with E-state index in [-0.39, 0.29) is 6.54 Å². The lowest BCUT2D eigenvalue weighted by molar-refractivity contribution is -0.147. The Kier molecular flexibility index (Phi) is 4.50. The van der Waals surface area contributed by atoms with Crippen LogP contribution in [0.25, 0.3) is 0 Å². The molecular weight excluding hydrogens is 176 g/mol. The highest BCUT2D eigenvalue weighted by molar-refractivity contribution is 5.85. The summed E-state index contributed by atoms with van der Waals surface area (Å²) in [4.78, 5) is 32.4. The number of hydrogen-bond donors (Lipinski definition) is 2. The molecular formula is C7H12N2O4. The summed E-state index contributed by atoms with van der Waals surface area (Å²) >= 11 is 0. The van der Waals surface area contributed by atoms with E-state index in [2.05, 4.69) is 5.32 Å². The Balaban J connectivity index is 4.08. The lowest BCUT2D eigenvalue weighted by atomic mass is 10.3. The topological polar surface area (TPSA) is 86.7 Å². The molecule has 0 rings (SSSR count). The largest absolute Gasteiger partial charge is 0.480 e. The molecule has 0 aliphatic heterocycles. The minimum Gasteiger partial charge on any atom is -0.480 e. The smallest absolute Gasteiger partial charge is 0.326 e. The van der Waals surface area contributed by atoms with Crippen LogP contribution >= 0.6 is 0 Å². The maximum Gasteiger partial charge on any atom is 0.326 e. The zero-order valence-electron chi connectivity index (χ0n) is 7.48. The Morgan fingerprint density at radius 3 is 2.54 bits per heavy atom. The average Bonchev–Trinajstić information content (AvgIpc) is 2.11. The number of aliphatic carboxylic acids is 1. The molecule has 0 saturated heterocycles. The highest BCUT2D eigenvalue weighted by atomic mass is 16.4. The zero-order valence-corrected chi connectivity index (χ0v) is 7.48. The van der Waals surface area contributed by atoms with Crippen molar-refractivity contribution in [2.45, 2.75) is 13.0 Å². The molecule has 2 amide bonds. The van der Waals surface area contributed by atoms with Crippen LogP contribution in [0.2, 0.25) is 0 Å². The maximum atomic E-state index is 11.1. The predicted octanol–water partition coefficient (Wildman–Crippen LogP) is -1.34. The number of hydrogen-bond acceptors (Lipinski definition) is 3. The van der Waals surface area contributed by atoms with Crippen LogP contribution in [-0.2, 0) is 14.4 Å². The number of amides is 2. The molecule has 0 aromatic carbocycles. The number of nitrogens with one attached hydrogen (secondary N) is 1. The Morgan fingerprint density at radius 1 is 1.62 bits per heavy atom. The van der Waals surface area contributed by atoms with Gasteiger partial charge < -0.3 is 15.3 Å². The van der Waals surface area contributed by atoms with E-state index >= 15 is 0 Å². The molecule has 0 spiro atoms. The molecule has 13 heavy (non-hydrogen) atoms. The molecule has 6 nitrogen and oxygen atoms in total. The van der Waals surface area contributed by atoms with Crippen LogP contribution in [0.5, 0.6) is 0 Å². The number of carboxylic acid groups (broad SMARTS) is 1. The Labute approximate surface area is 75.5 Å². The first-order chi connectivity index (χ1) is 6.00. The van der Waals surface area contributed by atoms with Crippen LogP contribution in [0.15, 0.2) is 0 Å². The van der Waals surface area contributed by atoms with Crippen molar-refractivity contribution >= 4 is 18.3 Å². The van der Waals surface area contributed by atoms with Gasteiger partial charge in [-0.1, -0.05) is 0 Å². The van der Waals surface area contributed by atoms with Crippen LogP contribution in [-0.4, -0.2) is 47.9 Å². The van der Waals surface area contributed by atoms with Crippen molar-refractivity contribution in [1.82, 2.24) is 10.2 Å². The summed E-state index contributed by atoms with van der Waals surface area (Å²) in [5, 5.41) is 10.7. The lowest BCUT2D eigenvalue weighted by Crippen LogP contribution is -2.44. The molecule has 0 aromatic heterocycles. The fourth-order valence-electron chi connectivity index (χ4n) is 0.635. The zero-order chi connectivity index (χ0) is 10.4. The van der Waals surface area contributed by atoms with E-state index in [4.69, 9.17) is 5.11 Å². The summed E-state index contributed by atoms with van der Waals surface area (Å²) in [5.41, 5.74) is 0. The van der Waals surface area contributed by atoms with E-state index < -0.39 is 17.9 Å². The van der Waals surface area contributed by atoms with Crippen molar-refractivity contribution in [2.75, 3.05) is 13.6 Å². The second-order valence-electron chi connectivity index (χ2n) is 2.52. The summed E-state index contributed by atoms with van der Waals surface area (Å²) in [6, 6.07) is -0.888. The van der Waals surface area contributed by atoms with Gasteiger partial charge in [0.15, 0.2) is 0 Å². The first-order valence-corrected chi connectivity index (χ1v) is 3.66. The van der Waals surface area contributed by atoms with Gasteiger partial charge in [0.2, 0.25) is 12.3 Å². The second-order valence-corrected chi connectivity index (χ2v) is 2.52. The fraction of sp³-hybridized carbons (Fsp3) is 0.571. The van der Waals surface area contributed by atoms with E-state index in [9.17, 15) is 14.4 Å². The molecule has 74 valence electrons. The molecule has 0 saturated carbocycles. The van der Waals surface area contributed by atoms with Crippen molar-refractivity contribution in [3.8, 4) is 0 Å². The van der Waals surface area contributed by atoms with Gasteiger partial charge in [-0.25, -0.2) is 4.79 Å². The van der Waals surface area contributed by atoms with Gasteiger partial charge in [0, 0.05) is 7.05 Å². The average molecular weight is 188 g/mol. The van der Waals surface area contributed by atoms with Gasteiger partial charge in [0.05, 0.1) is 6.54 Å². The molecule has 0 radical (unpaired) electrons. The summed E-state index contributed by atoms with van der Waals surface area (Å²) in [5.74, 6) is -1.52. The van der Waals surface area contributed by atoms with Gasteiger partial charge in [0.1, 0.15) is 6.04 Å². The fourth-order valence-corrected chi connectivity index (χ4v) is 0.635. The second kappa shape index (κ2) is 5.13. The van der Waals surface area contributed by atoms with Crippen molar-refractivity contribution in [1.29, 1.82) is 0 Å². The molecule has 0 aliphatic carbocycles. The summed E-state index contributed by atoms with van der Waals surface area (Å²) in [6.07, 6.45) is 0.386.